The lowest BCUT2D eigenvalue weighted by Crippen LogP contribution is -2.67. The van der Waals surface area contributed by atoms with Gasteiger partial charge in [0.05, 0.1) is 31.3 Å². The summed E-state index contributed by atoms with van der Waals surface area (Å²) in [5.74, 6) is 2.84. The van der Waals surface area contributed by atoms with E-state index in [-0.39, 0.29) is 60.7 Å². The molecule has 7 rings (SSSR count). The van der Waals surface area contributed by atoms with E-state index in [1.54, 1.807) is 7.11 Å². The van der Waals surface area contributed by atoms with E-state index in [9.17, 15) is 4.79 Å². The minimum atomic E-state index is -0.0226. The summed E-state index contributed by atoms with van der Waals surface area (Å²) in [6.45, 7) is 9.89. The van der Waals surface area contributed by atoms with Crippen molar-refractivity contribution in [1.82, 2.24) is 24.7 Å². The fourth-order valence-corrected chi connectivity index (χ4v) is 7.61. The molecule has 0 bridgehead atoms. The van der Waals surface area contributed by atoms with Crippen LogP contribution in [0.25, 0.3) is 0 Å². The van der Waals surface area contributed by atoms with Crippen LogP contribution in [0.2, 0.25) is 0 Å². The Bertz CT molecular complexity index is 1450. The van der Waals surface area contributed by atoms with Gasteiger partial charge in [-0.15, -0.1) is 24.8 Å². The molecule has 2 aromatic carbocycles. The van der Waals surface area contributed by atoms with Crippen LogP contribution in [0, 0.1) is 5.92 Å². The lowest BCUT2D eigenvalue weighted by molar-refractivity contribution is -0.141. The molecule has 0 radical (unpaired) electrons. The molecule has 3 unspecified atom stereocenters. The predicted octanol–water partition coefficient (Wildman–Crippen LogP) is 5.56. The van der Waals surface area contributed by atoms with Gasteiger partial charge in [0.25, 0.3) is 0 Å². The number of amides is 1. The molecule has 48 heavy (non-hydrogen) atoms. The molecule has 1 amide bonds. The first-order chi connectivity index (χ1) is 22.5. The summed E-state index contributed by atoms with van der Waals surface area (Å²) in [6.07, 6.45) is 3.01. The summed E-state index contributed by atoms with van der Waals surface area (Å²) in [5.41, 5.74) is 3.51. The summed E-state index contributed by atoms with van der Waals surface area (Å²) in [6, 6.07) is 22.2. The molecule has 0 N–H and O–H groups in total. The fraction of sp³-hybridized carbons (Fsp3) is 0.541. The Hall–Kier alpha value is -2.95. The van der Waals surface area contributed by atoms with Gasteiger partial charge in [-0.1, -0.05) is 60.7 Å². The summed E-state index contributed by atoms with van der Waals surface area (Å²) in [5, 5.41) is 0. The zero-order valence-electron chi connectivity index (χ0n) is 28.2. The average molecular weight is 699 g/mol. The Morgan fingerprint density at radius 2 is 1.56 bits per heavy atom. The van der Waals surface area contributed by atoms with Gasteiger partial charge in [0.1, 0.15) is 5.82 Å². The minimum Gasteiger partial charge on any atom is -0.481 e. The number of halogens is 2. The molecular formula is C37H49Cl2N5O4. The zero-order valence-corrected chi connectivity index (χ0v) is 29.8. The Morgan fingerprint density at radius 1 is 0.896 bits per heavy atom. The van der Waals surface area contributed by atoms with E-state index in [0.717, 1.165) is 56.8 Å². The number of hydrogen-bond acceptors (Lipinski definition) is 8. The van der Waals surface area contributed by atoms with Crippen LogP contribution in [0.1, 0.15) is 67.5 Å². The standard InChI is InChI=1S/C37H47N5O4.2ClH/c1-25(2)46-36-31(35(44-3)38-34(39-36)28-14-15-28)22-40-20-30-21-41(37(43)29-16-19-45-24-29)17-18-42(30)32(23-40)33(26-10-6-4-7-11-26)27-12-8-5-9-13-27;;/h4-13,25,28-30,32-33H,14-24H2,1-3H3;2*1H. The first kappa shape index (κ1) is 36.3. The number of benzene rings is 2. The van der Waals surface area contributed by atoms with Crippen molar-refractivity contribution >= 4 is 30.7 Å². The Labute approximate surface area is 297 Å². The molecule has 0 spiro atoms. The smallest absolute Gasteiger partial charge is 0.228 e. The summed E-state index contributed by atoms with van der Waals surface area (Å²) in [7, 11) is 1.70. The molecule has 1 aliphatic carbocycles. The topological polar surface area (TPSA) is 80.3 Å². The van der Waals surface area contributed by atoms with Crippen LogP contribution in [0.15, 0.2) is 60.7 Å². The monoisotopic (exact) mass is 697 g/mol. The van der Waals surface area contributed by atoms with Gasteiger partial charge in [0.2, 0.25) is 17.7 Å². The number of piperazine rings is 2. The van der Waals surface area contributed by atoms with Gasteiger partial charge in [0, 0.05) is 69.8 Å². The molecule has 3 atom stereocenters. The quantitative estimate of drug-likeness (QED) is 0.273. The number of carbonyl (C=O) groups is 1. The molecule has 1 saturated carbocycles. The second-order valence-corrected chi connectivity index (χ2v) is 13.6. The second-order valence-electron chi connectivity index (χ2n) is 13.6. The van der Waals surface area contributed by atoms with Crippen LogP contribution < -0.4 is 9.47 Å². The molecular weight excluding hydrogens is 649 g/mol. The number of methoxy groups -OCH3 is 1. The van der Waals surface area contributed by atoms with E-state index in [1.807, 2.05) is 13.8 Å². The van der Waals surface area contributed by atoms with Crippen LogP contribution in [0.3, 0.4) is 0 Å². The highest BCUT2D eigenvalue weighted by molar-refractivity contribution is 5.85. The Kier molecular flexibility index (Phi) is 12.2. The van der Waals surface area contributed by atoms with Crippen molar-refractivity contribution in [3.63, 3.8) is 0 Å². The normalized spacial score (nSPS) is 22.9. The second kappa shape index (κ2) is 16.2. The molecule has 4 heterocycles. The molecule has 9 nitrogen and oxygen atoms in total. The van der Waals surface area contributed by atoms with E-state index in [4.69, 9.17) is 24.2 Å². The van der Waals surface area contributed by atoms with E-state index in [0.29, 0.717) is 44.0 Å². The fourth-order valence-electron chi connectivity index (χ4n) is 7.61. The number of nitrogens with zero attached hydrogens (tertiary/aromatic N) is 5. The van der Waals surface area contributed by atoms with Crippen LogP contribution in [0.4, 0.5) is 0 Å². The van der Waals surface area contributed by atoms with Crippen molar-refractivity contribution in [1.29, 1.82) is 0 Å². The number of carbonyl (C=O) groups excluding carboxylic acids is 1. The highest BCUT2D eigenvalue weighted by Gasteiger charge is 2.44. The molecule has 4 fully saturated rings. The van der Waals surface area contributed by atoms with Crippen molar-refractivity contribution in [3.8, 4) is 11.8 Å². The maximum atomic E-state index is 13.6. The van der Waals surface area contributed by atoms with Crippen LogP contribution in [0.5, 0.6) is 11.8 Å². The third-order valence-corrected chi connectivity index (χ3v) is 9.97. The number of rotatable bonds is 10. The Morgan fingerprint density at radius 3 is 2.15 bits per heavy atom. The van der Waals surface area contributed by atoms with Crippen LogP contribution >= 0.6 is 24.8 Å². The lowest BCUT2D eigenvalue weighted by atomic mass is 9.81. The highest BCUT2D eigenvalue weighted by Crippen LogP contribution is 2.42. The number of hydrogen-bond donors (Lipinski definition) is 0. The van der Waals surface area contributed by atoms with Gasteiger partial charge < -0.3 is 19.1 Å². The largest absolute Gasteiger partial charge is 0.481 e. The van der Waals surface area contributed by atoms with Crippen molar-refractivity contribution in [2.45, 2.75) is 69.7 Å². The lowest BCUT2D eigenvalue weighted by Gasteiger charge is -2.53. The first-order valence-corrected chi connectivity index (χ1v) is 17.0. The number of fused-ring (bicyclic) bond motifs is 1. The van der Waals surface area contributed by atoms with E-state index < -0.39 is 0 Å². The van der Waals surface area contributed by atoms with Crippen LogP contribution in [-0.2, 0) is 16.1 Å². The average Bonchev–Trinajstić information content (AvgIpc) is 3.79. The van der Waals surface area contributed by atoms with E-state index in [1.165, 1.54) is 11.1 Å². The molecule has 260 valence electrons. The molecule has 1 aromatic heterocycles. The van der Waals surface area contributed by atoms with Gasteiger partial charge >= 0.3 is 0 Å². The van der Waals surface area contributed by atoms with Crippen LogP contribution in [-0.4, -0.2) is 102 Å². The maximum Gasteiger partial charge on any atom is 0.228 e. The molecule has 4 aliphatic rings. The summed E-state index contributed by atoms with van der Waals surface area (Å²) < 4.78 is 17.9. The zero-order chi connectivity index (χ0) is 31.6. The highest BCUT2D eigenvalue weighted by atomic mass is 35.5. The molecule has 11 heteroatoms. The number of ether oxygens (including phenoxy) is 3. The SMILES string of the molecule is COc1nc(C2CC2)nc(OC(C)C)c1CN1CC2CN(C(=O)C3CCOC3)CCN2C(C(c2ccccc2)c2ccccc2)C1.Cl.Cl. The molecule has 3 saturated heterocycles. The summed E-state index contributed by atoms with van der Waals surface area (Å²) >= 11 is 0. The third-order valence-electron chi connectivity index (χ3n) is 9.97. The third kappa shape index (κ3) is 7.92. The predicted molar refractivity (Wildman–Crippen MR) is 191 cm³/mol. The van der Waals surface area contributed by atoms with Gasteiger partial charge in [-0.05, 0) is 44.2 Å². The van der Waals surface area contributed by atoms with Gasteiger partial charge in [-0.25, -0.2) is 0 Å². The minimum absolute atomic E-state index is 0. The van der Waals surface area contributed by atoms with Crippen molar-refractivity contribution < 1.29 is 19.0 Å². The van der Waals surface area contributed by atoms with Crippen molar-refractivity contribution in [3.05, 3.63) is 83.2 Å². The van der Waals surface area contributed by atoms with Crippen molar-refractivity contribution in [2.75, 3.05) is 53.0 Å². The molecule has 3 aliphatic heterocycles. The van der Waals surface area contributed by atoms with Gasteiger partial charge in [-0.2, -0.15) is 9.97 Å². The van der Waals surface area contributed by atoms with E-state index >= 15 is 0 Å². The summed E-state index contributed by atoms with van der Waals surface area (Å²) in [4.78, 5) is 30.7. The van der Waals surface area contributed by atoms with Crippen molar-refractivity contribution in [2.24, 2.45) is 5.92 Å². The molecule has 3 aromatic rings. The van der Waals surface area contributed by atoms with Gasteiger partial charge in [0.15, 0.2) is 0 Å². The Balaban J connectivity index is 0.00000225. The van der Waals surface area contributed by atoms with E-state index in [2.05, 4.69) is 75.4 Å². The number of aromatic nitrogens is 2. The van der Waals surface area contributed by atoms with Gasteiger partial charge in [-0.3, -0.25) is 14.6 Å². The first-order valence-electron chi connectivity index (χ1n) is 17.0. The maximum absolute atomic E-state index is 13.6.